The first kappa shape index (κ1) is 27.1. The Hall–Kier alpha value is -4.78. The Kier molecular flexibility index (Phi) is 6.80. The van der Waals surface area contributed by atoms with Crippen molar-refractivity contribution < 1.29 is 13.5 Å². The molecule has 0 saturated carbocycles. The van der Waals surface area contributed by atoms with Crippen LogP contribution in [0.5, 0.6) is 11.5 Å². The van der Waals surface area contributed by atoms with Crippen molar-refractivity contribution in [1.29, 1.82) is 0 Å². The van der Waals surface area contributed by atoms with Crippen LogP contribution in [0.2, 0.25) is 0 Å². The number of hydrogen-bond donors (Lipinski definition) is 0. The lowest BCUT2D eigenvalue weighted by molar-refractivity contribution is 0.251. The van der Waals surface area contributed by atoms with Gasteiger partial charge in [0.05, 0.1) is 28.3 Å². The van der Waals surface area contributed by atoms with Gasteiger partial charge in [-0.25, -0.2) is 18.4 Å². The lowest BCUT2D eigenvalue weighted by Gasteiger charge is -2.24. The standard InChI is InChI=1S/C36H32F2N4O/c1-4-24-17-18-39-34(19-24)41-32-14-6-5-11-28(32)29-16-15-27(21-33(29)41)43-26-10-7-9-25(20-26)42-23(3)35(22(2)40-42)36-30(37)12-8-13-31(36)38/h5-7,9-12,14-21,31,36H,4,8,13H2,1-3H3/t31-,36+/m0/s1. The smallest absolute Gasteiger partial charge is 0.137 e. The first-order valence-corrected chi connectivity index (χ1v) is 14.8. The van der Waals surface area contributed by atoms with Crippen molar-refractivity contribution in [1.82, 2.24) is 19.3 Å². The van der Waals surface area contributed by atoms with Crippen LogP contribution in [0.15, 0.2) is 97.0 Å². The molecule has 7 rings (SSSR count). The minimum absolute atomic E-state index is 0.314. The number of pyridine rings is 1. The highest BCUT2D eigenvalue weighted by Gasteiger charge is 2.34. The molecule has 0 radical (unpaired) electrons. The van der Waals surface area contributed by atoms with Gasteiger partial charge >= 0.3 is 0 Å². The number of allylic oxidation sites excluding steroid dienone is 2. The molecule has 216 valence electrons. The molecule has 0 amide bonds. The number of hydrogen-bond acceptors (Lipinski definition) is 3. The third-order valence-corrected chi connectivity index (χ3v) is 8.49. The number of aromatic nitrogens is 4. The Morgan fingerprint density at radius 1 is 0.907 bits per heavy atom. The van der Waals surface area contributed by atoms with Crippen LogP contribution in [-0.2, 0) is 6.42 Å². The molecule has 43 heavy (non-hydrogen) atoms. The lowest BCUT2D eigenvalue weighted by atomic mass is 9.85. The van der Waals surface area contributed by atoms with Gasteiger partial charge in [0.25, 0.3) is 0 Å². The number of rotatable bonds is 6. The molecule has 5 nitrogen and oxygen atoms in total. The van der Waals surface area contributed by atoms with E-state index in [1.165, 1.54) is 11.6 Å². The molecule has 3 aromatic carbocycles. The summed E-state index contributed by atoms with van der Waals surface area (Å²) in [5.41, 5.74) is 6.03. The van der Waals surface area contributed by atoms with Crippen molar-refractivity contribution in [3.63, 3.8) is 0 Å². The molecule has 7 heteroatoms. The Labute approximate surface area is 249 Å². The fraction of sp³-hybridized carbons (Fsp3) is 0.222. The van der Waals surface area contributed by atoms with Crippen molar-refractivity contribution >= 4 is 21.8 Å². The summed E-state index contributed by atoms with van der Waals surface area (Å²) in [6.07, 6.45) is 3.75. The summed E-state index contributed by atoms with van der Waals surface area (Å²) < 4.78 is 40.0. The van der Waals surface area contributed by atoms with E-state index in [0.717, 1.165) is 45.4 Å². The van der Waals surface area contributed by atoms with Gasteiger partial charge in [-0.15, -0.1) is 0 Å². The van der Waals surface area contributed by atoms with Gasteiger partial charge in [-0.1, -0.05) is 37.3 Å². The second-order valence-electron chi connectivity index (χ2n) is 11.2. The second-order valence-corrected chi connectivity index (χ2v) is 11.2. The quantitative estimate of drug-likeness (QED) is 0.199. The van der Waals surface area contributed by atoms with Crippen LogP contribution in [0.25, 0.3) is 33.3 Å². The van der Waals surface area contributed by atoms with E-state index in [9.17, 15) is 8.78 Å². The highest BCUT2D eigenvalue weighted by Crippen LogP contribution is 2.41. The SMILES string of the molecule is CCc1ccnc(-n2c3ccccc3c3ccc(Oc4cccc(-n5nc(C)c([C@@H]6C(F)=CCC[C@@H]6F)c5C)c4)cc32)c1. The number of ether oxygens (including phenoxy) is 1. The zero-order valence-corrected chi connectivity index (χ0v) is 24.4. The summed E-state index contributed by atoms with van der Waals surface area (Å²) >= 11 is 0. The highest BCUT2D eigenvalue weighted by molar-refractivity contribution is 6.09. The number of benzene rings is 3. The molecule has 0 saturated heterocycles. The molecular formula is C36H32F2N4O. The molecule has 6 aromatic rings. The van der Waals surface area contributed by atoms with Crippen molar-refractivity contribution in [2.75, 3.05) is 0 Å². The Morgan fingerprint density at radius 3 is 2.56 bits per heavy atom. The summed E-state index contributed by atoms with van der Waals surface area (Å²) in [5, 5.41) is 6.95. The average molecular weight is 575 g/mol. The van der Waals surface area contributed by atoms with Gasteiger partial charge in [-0.3, -0.25) is 4.57 Å². The molecule has 0 bridgehead atoms. The maximum atomic E-state index is 14.9. The summed E-state index contributed by atoms with van der Waals surface area (Å²) in [7, 11) is 0. The number of alkyl halides is 1. The lowest BCUT2D eigenvalue weighted by Crippen LogP contribution is -2.19. The van der Waals surface area contributed by atoms with Crippen LogP contribution in [0.1, 0.15) is 48.2 Å². The number of para-hydroxylation sites is 1. The molecule has 3 heterocycles. The van der Waals surface area contributed by atoms with Crippen LogP contribution < -0.4 is 4.74 Å². The number of fused-ring (bicyclic) bond motifs is 3. The molecule has 1 aliphatic rings. The van der Waals surface area contributed by atoms with Gasteiger partial charge in [-0.2, -0.15) is 5.10 Å². The van der Waals surface area contributed by atoms with Gasteiger partial charge < -0.3 is 4.74 Å². The van der Waals surface area contributed by atoms with Gasteiger partial charge in [0.15, 0.2) is 0 Å². The molecule has 1 aliphatic carbocycles. The predicted molar refractivity (Wildman–Crippen MR) is 167 cm³/mol. The summed E-state index contributed by atoms with van der Waals surface area (Å²) in [6, 6.07) is 26.2. The molecule has 0 spiro atoms. The molecular weight excluding hydrogens is 542 g/mol. The highest BCUT2D eigenvalue weighted by atomic mass is 19.1. The summed E-state index contributed by atoms with van der Waals surface area (Å²) in [5.74, 6) is 0.861. The van der Waals surface area contributed by atoms with Crippen LogP contribution in [0.4, 0.5) is 8.78 Å². The minimum atomic E-state index is -1.26. The summed E-state index contributed by atoms with van der Waals surface area (Å²) in [6.45, 7) is 5.82. The van der Waals surface area contributed by atoms with E-state index in [0.29, 0.717) is 35.6 Å². The third kappa shape index (κ3) is 4.69. The van der Waals surface area contributed by atoms with Crippen molar-refractivity contribution in [2.45, 2.75) is 52.1 Å². The van der Waals surface area contributed by atoms with E-state index in [-0.39, 0.29) is 0 Å². The van der Waals surface area contributed by atoms with Crippen LogP contribution in [-0.4, -0.2) is 25.5 Å². The number of nitrogens with zero attached hydrogens (tertiary/aromatic N) is 4. The van der Waals surface area contributed by atoms with Crippen molar-refractivity contribution in [2.24, 2.45) is 0 Å². The fourth-order valence-corrected chi connectivity index (χ4v) is 6.40. The molecule has 0 N–H and O–H groups in total. The van der Waals surface area contributed by atoms with Crippen molar-refractivity contribution in [3.05, 3.63) is 119 Å². The van der Waals surface area contributed by atoms with Gasteiger partial charge in [-0.05, 0) is 81.1 Å². The fourth-order valence-electron chi connectivity index (χ4n) is 6.40. The number of aryl methyl sites for hydroxylation is 2. The zero-order valence-electron chi connectivity index (χ0n) is 24.4. The van der Waals surface area contributed by atoms with E-state index in [1.54, 1.807) is 4.68 Å². The van der Waals surface area contributed by atoms with E-state index < -0.39 is 17.9 Å². The molecule has 0 fully saturated rings. The minimum Gasteiger partial charge on any atom is -0.457 e. The van der Waals surface area contributed by atoms with Crippen LogP contribution in [0.3, 0.4) is 0 Å². The second kappa shape index (κ2) is 10.8. The first-order chi connectivity index (χ1) is 20.9. The Balaban J connectivity index is 1.27. The zero-order chi connectivity index (χ0) is 29.7. The molecule has 0 unspecified atom stereocenters. The molecule has 3 aromatic heterocycles. The maximum absolute atomic E-state index is 14.9. The monoisotopic (exact) mass is 574 g/mol. The third-order valence-electron chi connectivity index (χ3n) is 8.49. The number of halogens is 2. The topological polar surface area (TPSA) is 44.9 Å². The average Bonchev–Trinajstić information content (AvgIpc) is 3.50. The van der Waals surface area contributed by atoms with Gasteiger partial charge in [0.1, 0.15) is 29.3 Å². The van der Waals surface area contributed by atoms with Crippen molar-refractivity contribution in [3.8, 4) is 23.0 Å². The normalized spacial score (nSPS) is 17.0. The summed E-state index contributed by atoms with van der Waals surface area (Å²) in [4.78, 5) is 4.71. The molecule has 0 aliphatic heterocycles. The Morgan fingerprint density at radius 2 is 1.72 bits per heavy atom. The Bertz CT molecular complexity index is 2020. The predicted octanol–water partition coefficient (Wildman–Crippen LogP) is 9.40. The van der Waals surface area contributed by atoms with Crippen LogP contribution in [0, 0.1) is 13.8 Å². The first-order valence-electron chi connectivity index (χ1n) is 14.8. The van der Waals surface area contributed by atoms with Gasteiger partial charge in [0, 0.05) is 40.4 Å². The van der Waals surface area contributed by atoms with Gasteiger partial charge in [0.2, 0.25) is 0 Å². The maximum Gasteiger partial charge on any atom is 0.137 e. The van der Waals surface area contributed by atoms with Crippen LogP contribution >= 0.6 is 0 Å². The van der Waals surface area contributed by atoms with E-state index >= 15 is 0 Å². The van der Waals surface area contributed by atoms with E-state index in [2.05, 4.69) is 46.9 Å². The van der Waals surface area contributed by atoms with E-state index in [4.69, 9.17) is 9.72 Å². The van der Waals surface area contributed by atoms with E-state index in [1.807, 2.05) is 68.6 Å². The largest absolute Gasteiger partial charge is 0.457 e. The molecule has 2 atom stereocenters.